The Kier molecular flexibility index (Phi) is 8.36. The molecule has 2 aliphatic carbocycles. The lowest BCUT2D eigenvalue weighted by Gasteiger charge is -2.47. The summed E-state index contributed by atoms with van der Waals surface area (Å²) >= 11 is 0. The van der Waals surface area contributed by atoms with Crippen molar-refractivity contribution >= 4 is 17.3 Å². The number of aliphatic hydroxyl groups excluding tert-OH is 2. The van der Waals surface area contributed by atoms with Gasteiger partial charge in [0.25, 0.3) is 0 Å². The van der Waals surface area contributed by atoms with Crippen molar-refractivity contribution in [3.05, 3.63) is 51.6 Å². The van der Waals surface area contributed by atoms with E-state index in [9.17, 15) is 45.2 Å². The van der Waals surface area contributed by atoms with Gasteiger partial charge in [0.05, 0.1) is 61.4 Å². The van der Waals surface area contributed by atoms with E-state index >= 15 is 0 Å². The Morgan fingerprint density at radius 3 is 2.61 bits per heavy atom. The second-order valence-corrected chi connectivity index (χ2v) is 12.0. The van der Waals surface area contributed by atoms with Crippen molar-refractivity contribution in [2.75, 3.05) is 33.5 Å². The van der Waals surface area contributed by atoms with Crippen LogP contribution in [0.4, 0.5) is 0 Å². The molecule has 0 spiro atoms. The number of aliphatic hydroxyl groups is 3. The summed E-state index contributed by atoms with van der Waals surface area (Å²) in [5.74, 6) is -3.87. The molecular formula is C32H34N2O12. The molecule has 0 aromatic heterocycles. The van der Waals surface area contributed by atoms with E-state index in [0.717, 1.165) is 0 Å². The third kappa shape index (κ3) is 4.96. The number of phenols is 2. The Morgan fingerprint density at radius 1 is 1.17 bits per heavy atom. The van der Waals surface area contributed by atoms with Gasteiger partial charge in [-0.2, -0.15) is 5.26 Å². The first-order valence-corrected chi connectivity index (χ1v) is 14.9. The molecule has 7 atom stereocenters. The molecule has 2 aromatic carbocycles. The fraction of sp³-hybridized carbons (Fsp3) is 0.500. The average Bonchev–Trinajstić information content (AvgIpc) is 3.05. The van der Waals surface area contributed by atoms with Crippen LogP contribution < -0.4 is 4.74 Å². The Hall–Kier alpha value is -3.94. The lowest BCUT2D eigenvalue weighted by Crippen LogP contribution is -2.60. The Balaban J connectivity index is 1.44. The van der Waals surface area contributed by atoms with Crippen LogP contribution in [0, 0.1) is 11.3 Å². The molecule has 46 heavy (non-hydrogen) atoms. The number of ether oxygens (including phenoxy) is 4. The van der Waals surface area contributed by atoms with Crippen molar-refractivity contribution in [1.82, 2.24) is 4.90 Å². The average molecular weight is 639 g/mol. The fourth-order valence-electron chi connectivity index (χ4n) is 7.15. The molecule has 6 rings (SSSR count). The van der Waals surface area contributed by atoms with Crippen LogP contribution in [-0.4, -0.2) is 117 Å². The molecule has 3 unspecified atom stereocenters. The van der Waals surface area contributed by atoms with E-state index in [2.05, 4.69) is 6.07 Å². The van der Waals surface area contributed by atoms with Crippen molar-refractivity contribution in [2.24, 2.45) is 0 Å². The maximum atomic E-state index is 13.9. The number of fused-ring (bicyclic) bond motifs is 3. The highest BCUT2D eigenvalue weighted by molar-refractivity contribution is 6.31. The van der Waals surface area contributed by atoms with E-state index in [1.165, 1.54) is 25.3 Å². The van der Waals surface area contributed by atoms with Crippen LogP contribution in [0.1, 0.15) is 68.8 Å². The summed E-state index contributed by atoms with van der Waals surface area (Å²) in [7, 11) is 1.32. The molecule has 0 amide bonds. The van der Waals surface area contributed by atoms with E-state index < -0.39 is 102 Å². The van der Waals surface area contributed by atoms with Crippen LogP contribution in [0.15, 0.2) is 18.2 Å². The molecule has 0 radical (unpaired) electrons. The van der Waals surface area contributed by atoms with Gasteiger partial charge in [-0.1, -0.05) is 12.1 Å². The largest absolute Gasteiger partial charge is 0.507 e. The number of hydrogen-bond acceptors (Lipinski definition) is 14. The summed E-state index contributed by atoms with van der Waals surface area (Å²) in [4.78, 5) is 42.2. The van der Waals surface area contributed by atoms with Crippen LogP contribution in [0.25, 0.3) is 0 Å². The van der Waals surface area contributed by atoms with Gasteiger partial charge in [-0.05, 0) is 13.0 Å². The van der Waals surface area contributed by atoms with Gasteiger partial charge >= 0.3 is 0 Å². The van der Waals surface area contributed by atoms with E-state index in [1.54, 1.807) is 11.8 Å². The number of phenolic OH excluding ortho intramolecular Hbond substituents is 2. The number of nitriles is 1. The quantitative estimate of drug-likeness (QED) is 0.229. The first-order valence-electron chi connectivity index (χ1n) is 14.9. The maximum Gasteiger partial charge on any atom is 0.202 e. The highest BCUT2D eigenvalue weighted by Crippen LogP contribution is 2.52. The molecule has 4 aliphatic rings. The standard InChI is InChI=1S/C32H34N2O12/c1-14-27(37)18(34-6-7-44-13-15(34)11-33)8-22(45-14)46-20-10-32(42,21(36)12-35)9-17-24(20)31(41)26-25(29(17)39)28(38)16-4-3-5-19(43-2)23(16)30(26)40/h3-5,14-15,18,20,22,27,35,37,39,41-42H,6-10,12-13H2,1-2H3/t14-,15?,18-,20?,22-,27+,32?/m0/s1. The normalized spacial score (nSPS) is 31.0. The Bertz CT molecular complexity index is 1650. The zero-order valence-electron chi connectivity index (χ0n) is 25.1. The van der Waals surface area contributed by atoms with Gasteiger partial charge in [-0.15, -0.1) is 0 Å². The molecule has 2 fully saturated rings. The third-order valence-corrected chi connectivity index (χ3v) is 9.48. The summed E-state index contributed by atoms with van der Waals surface area (Å²) in [5.41, 5.74) is -3.78. The zero-order valence-corrected chi connectivity index (χ0v) is 25.1. The summed E-state index contributed by atoms with van der Waals surface area (Å²) in [6, 6.07) is 5.28. The van der Waals surface area contributed by atoms with Crippen molar-refractivity contribution in [1.29, 1.82) is 5.26 Å². The van der Waals surface area contributed by atoms with E-state index in [0.29, 0.717) is 13.2 Å². The number of hydrogen-bond donors (Lipinski definition) is 5. The second-order valence-electron chi connectivity index (χ2n) is 12.0. The van der Waals surface area contributed by atoms with Gasteiger partial charge in [0.1, 0.15) is 35.5 Å². The van der Waals surface area contributed by atoms with E-state index in [4.69, 9.17) is 18.9 Å². The maximum absolute atomic E-state index is 13.9. The monoisotopic (exact) mass is 638 g/mol. The van der Waals surface area contributed by atoms with E-state index in [1.807, 2.05) is 0 Å². The Morgan fingerprint density at radius 2 is 1.91 bits per heavy atom. The van der Waals surface area contributed by atoms with Gasteiger partial charge in [-0.25, -0.2) is 0 Å². The second kappa shape index (κ2) is 12.0. The minimum Gasteiger partial charge on any atom is -0.507 e. The van der Waals surface area contributed by atoms with Crippen molar-refractivity contribution in [3.8, 4) is 23.3 Å². The zero-order chi connectivity index (χ0) is 33.1. The molecule has 0 bridgehead atoms. The van der Waals surface area contributed by atoms with Gasteiger partial charge in [0, 0.05) is 48.5 Å². The number of ketones is 3. The number of carbonyl (C=O) groups is 3. The number of aromatic hydroxyl groups is 2. The molecule has 2 heterocycles. The number of rotatable bonds is 6. The molecule has 2 aliphatic heterocycles. The lowest BCUT2D eigenvalue weighted by molar-refractivity contribution is -0.262. The summed E-state index contributed by atoms with van der Waals surface area (Å²) in [6.07, 6.45) is -5.39. The van der Waals surface area contributed by atoms with Crippen molar-refractivity contribution in [2.45, 2.75) is 68.5 Å². The highest BCUT2D eigenvalue weighted by Gasteiger charge is 2.51. The summed E-state index contributed by atoms with van der Waals surface area (Å²) in [5, 5.41) is 65.1. The number of morpholine rings is 1. The summed E-state index contributed by atoms with van der Waals surface area (Å²) < 4.78 is 23.0. The lowest BCUT2D eigenvalue weighted by atomic mass is 9.72. The molecule has 0 saturated carbocycles. The number of benzene rings is 2. The Labute approximate surface area is 263 Å². The van der Waals surface area contributed by atoms with Crippen molar-refractivity contribution in [3.63, 3.8) is 0 Å². The molecule has 244 valence electrons. The number of nitrogens with zero attached hydrogens (tertiary/aromatic N) is 2. The number of carbonyl (C=O) groups excluding carboxylic acids is 3. The van der Waals surface area contributed by atoms with Crippen LogP contribution in [0.3, 0.4) is 0 Å². The molecule has 14 heteroatoms. The summed E-state index contributed by atoms with van der Waals surface area (Å²) in [6.45, 7) is 1.42. The number of Topliss-reactive ketones (excluding diaryl/α,β-unsaturated/α-hetero) is 1. The van der Waals surface area contributed by atoms with Gasteiger partial charge in [0.15, 0.2) is 17.9 Å². The molecule has 2 aromatic rings. The first-order chi connectivity index (χ1) is 21.9. The third-order valence-electron chi connectivity index (χ3n) is 9.48. The molecule has 14 nitrogen and oxygen atoms in total. The first kappa shape index (κ1) is 32.0. The SMILES string of the molecule is COc1cccc2c1C(=O)c1c(O)c3c(c(O)c1C2=O)CC(O)(C(=O)CO)CC3O[C@H]1C[C@H](N2CCOCC2C#N)[C@H](O)[C@H](C)O1. The topological polar surface area (TPSA) is 216 Å². The fourth-order valence-corrected chi connectivity index (χ4v) is 7.15. The van der Waals surface area contributed by atoms with Crippen LogP contribution in [-0.2, 0) is 25.4 Å². The van der Waals surface area contributed by atoms with Gasteiger partial charge in [-0.3, -0.25) is 19.3 Å². The van der Waals surface area contributed by atoms with Crippen molar-refractivity contribution < 1.29 is 58.9 Å². The van der Waals surface area contributed by atoms with Crippen LogP contribution in [0.5, 0.6) is 17.2 Å². The molecule has 5 N–H and O–H groups in total. The minimum atomic E-state index is -2.29. The highest BCUT2D eigenvalue weighted by atomic mass is 16.7. The predicted octanol–water partition coefficient (Wildman–Crippen LogP) is 0.267. The smallest absolute Gasteiger partial charge is 0.202 e. The number of methoxy groups -OCH3 is 1. The van der Waals surface area contributed by atoms with Crippen LogP contribution in [0.2, 0.25) is 0 Å². The van der Waals surface area contributed by atoms with Gasteiger partial charge in [0.2, 0.25) is 5.78 Å². The molecular weight excluding hydrogens is 604 g/mol. The van der Waals surface area contributed by atoms with Gasteiger partial charge < -0.3 is 44.5 Å². The van der Waals surface area contributed by atoms with Crippen LogP contribution >= 0.6 is 0 Å². The van der Waals surface area contributed by atoms with E-state index in [-0.39, 0.29) is 41.0 Å². The molecule has 2 saturated heterocycles. The minimum absolute atomic E-state index is 0.0293. The predicted molar refractivity (Wildman–Crippen MR) is 154 cm³/mol.